The van der Waals surface area contributed by atoms with Gasteiger partial charge in [-0.25, -0.2) is 0 Å². The highest BCUT2D eigenvalue weighted by Crippen LogP contribution is 2.07. The molecule has 2 heteroatoms. The molecule has 0 amide bonds. The Morgan fingerprint density at radius 1 is 1.00 bits per heavy atom. The molecule has 0 spiro atoms. The molecule has 0 aliphatic carbocycles. The van der Waals surface area contributed by atoms with Crippen molar-refractivity contribution in [2.24, 2.45) is 0 Å². The van der Waals surface area contributed by atoms with Gasteiger partial charge < -0.3 is 0 Å². The van der Waals surface area contributed by atoms with Crippen molar-refractivity contribution in [3.05, 3.63) is 59.4 Å². The third-order valence-corrected chi connectivity index (χ3v) is 4.32. The van der Waals surface area contributed by atoms with Crippen molar-refractivity contribution >= 4 is 14.2 Å². The second-order valence-corrected chi connectivity index (χ2v) is 5.37. The Bertz CT molecular complexity index is 353. The van der Waals surface area contributed by atoms with Crippen molar-refractivity contribution in [1.82, 2.24) is 0 Å². The highest BCUT2D eigenvalue weighted by Gasteiger charge is 2.17. The van der Waals surface area contributed by atoms with Gasteiger partial charge in [-0.1, -0.05) is 53.9 Å². The molecule has 1 aliphatic heterocycles. The first-order chi connectivity index (χ1) is 6.38. The van der Waals surface area contributed by atoms with Crippen molar-refractivity contribution in [3.8, 4) is 0 Å². The summed E-state index contributed by atoms with van der Waals surface area (Å²) in [6, 6.07) is 9.51. The Labute approximate surface area is 79.0 Å². The van der Waals surface area contributed by atoms with E-state index in [4.69, 9.17) is 0 Å². The van der Waals surface area contributed by atoms with E-state index in [2.05, 4.69) is 11.4 Å². The van der Waals surface area contributed by atoms with Crippen LogP contribution in [0.15, 0.2) is 53.9 Å². The van der Waals surface area contributed by atoms with Gasteiger partial charge in [0.05, 0.1) is 0 Å². The Hall–Kier alpha value is -1.41. The van der Waals surface area contributed by atoms with Gasteiger partial charge in [-0.05, 0) is 0 Å². The number of hydrogen-bond acceptors (Lipinski definition) is 1. The SMILES string of the molecule is O=C(c1ccccc1)[SiH]1C=CC=C1. The van der Waals surface area contributed by atoms with E-state index in [1.54, 1.807) is 0 Å². The molecule has 1 aromatic carbocycles. The molecule has 0 bridgehead atoms. The lowest BCUT2D eigenvalue weighted by atomic mass is 10.2. The van der Waals surface area contributed by atoms with Crippen molar-refractivity contribution < 1.29 is 4.79 Å². The first-order valence-corrected chi connectivity index (χ1v) is 6.23. The summed E-state index contributed by atoms with van der Waals surface area (Å²) in [6.45, 7) is 0. The molecular formula is C11H10OSi. The molecular weight excluding hydrogens is 176 g/mol. The van der Waals surface area contributed by atoms with Crippen LogP contribution in [0.5, 0.6) is 0 Å². The number of carbonyl (C=O) groups excluding carboxylic acids is 1. The van der Waals surface area contributed by atoms with Crippen LogP contribution in [0.1, 0.15) is 10.4 Å². The lowest BCUT2D eigenvalue weighted by Crippen LogP contribution is -2.20. The zero-order chi connectivity index (χ0) is 9.10. The van der Waals surface area contributed by atoms with Gasteiger partial charge in [0.15, 0.2) is 8.80 Å². The van der Waals surface area contributed by atoms with Gasteiger partial charge in [0, 0.05) is 5.56 Å². The van der Waals surface area contributed by atoms with Gasteiger partial charge in [-0.2, -0.15) is 0 Å². The highest BCUT2D eigenvalue weighted by molar-refractivity contribution is 7.00. The van der Waals surface area contributed by atoms with E-state index in [1.165, 1.54) is 0 Å². The van der Waals surface area contributed by atoms with Crippen molar-refractivity contribution in [3.63, 3.8) is 0 Å². The van der Waals surface area contributed by atoms with E-state index < -0.39 is 8.80 Å². The summed E-state index contributed by atoms with van der Waals surface area (Å²) in [5.74, 6) is 0. The summed E-state index contributed by atoms with van der Waals surface area (Å²) < 4.78 is 0. The van der Waals surface area contributed by atoms with Crippen LogP contribution in [0.4, 0.5) is 0 Å². The maximum Gasteiger partial charge on any atom is 0.170 e. The zero-order valence-electron chi connectivity index (χ0n) is 7.18. The van der Waals surface area contributed by atoms with Crippen LogP contribution in [0.25, 0.3) is 0 Å². The second kappa shape index (κ2) is 3.54. The first-order valence-electron chi connectivity index (χ1n) is 4.32. The molecule has 0 fully saturated rings. The van der Waals surface area contributed by atoms with Crippen molar-refractivity contribution in [2.75, 3.05) is 0 Å². The van der Waals surface area contributed by atoms with Gasteiger partial charge in [0.2, 0.25) is 0 Å². The summed E-state index contributed by atoms with van der Waals surface area (Å²) in [5.41, 5.74) is 4.94. The summed E-state index contributed by atoms with van der Waals surface area (Å²) in [7, 11) is -1.40. The van der Waals surface area contributed by atoms with Crippen LogP contribution in [-0.4, -0.2) is 14.2 Å². The molecule has 0 atom stereocenters. The highest BCUT2D eigenvalue weighted by atomic mass is 28.3. The topological polar surface area (TPSA) is 17.1 Å². The van der Waals surface area contributed by atoms with E-state index in [0.29, 0.717) is 5.41 Å². The number of rotatable bonds is 2. The monoisotopic (exact) mass is 186 g/mol. The fourth-order valence-electron chi connectivity index (χ4n) is 1.40. The summed E-state index contributed by atoms with van der Waals surface area (Å²) in [5, 5.41) is 0.311. The number of benzene rings is 1. The Morgan fingerprint density at radius 2 is 1.62 bits per heavy atom. The Morgan fingerprint density at radius 3 is 2.23 bits per heavy atom. The smallest absolute Gasteiger partial charge is 0.170 e. The van der Waals surface area contributed by atoms with E-state index in [-0.39, 0.29) is 0 Å². The molecule has 0 saturated heterocycles. The van der Waals surface area contributed by atoms with Crippen LogP contribution in [-0.2, 0) is 0 Å². The largest absolute Gasteiger partial charge is 0.300 e. The minimum Gasteiger partial charge on any atom is -0.300 e. The van der Waals surface area contributed by atoms with Gasteiger partial charge in [-0.3, -0.25) is 4.79 Å². The molecule has 64 valence electrons. The van der Waals surface area contributed by atoms with Crippen LogP contribution in [0, 0.1) is 0 Å². The summed E-state index contributed by atoms with van der Waals surface area (Å²) in [6.07, 6.45) is 3.94. The number of carbonyl (C=O) groups is 1. The van der Waals surface area contributed by atoms with Crippen molar-refractivity contribution in [2.45, 2.75) is 0 Å². The predicted octanol–water partition coefficient (Wildman–Crippen LogP) is 1.84. The van der Waals surface area contributed by atoms with Crippen LogP contribution < -0.4 is 0 Å². The second-order valence-electron chi connectivity index (χ2n) is 3.03. The number of hydrogen-bond donors (Lipinski definition) is 0. The average Bonchev–Trinajstić information content (AvgIpc) is 2.71. The molecule has 1 heterocycles. The fraction of sp³-hybridized carbons (Fsp3) is 0. The van der Waals surface area contributed by atoms with E-state index >= 15 is 0 Å². The predicted molar refractivity (Wildman–Crippen MR) is 56.2 cm³/mol. The zero-order valence-corrected chi connectivity index (χ0v) is 8.34. The molecule has 0 unspecified atom stereocenters. The molecule has 2 rings (SSSR count). The van der Waals surface area contributed by atoms with E-state index in [9.17, 15) is 4.79 Å². The normalized spacial score (nSPS) is 15.1. The van der Waals surface area contributed by atoms with E-state index in [1.807, 2.05) is 42.5 Å². The van der Waals surface area contributed by atoms with Crippen LogP contribution >= 0.6 is 0 Å². The molecule has 13 heavy (non-hydrogen) atoms. The Kier molecular flexibility index (Phi) is 2.23. The summed E-state index contributed by atoms with van der Waals surface area (Å²) >= 11 is 0. The minimum atomic E-state index is -1.40. The Balaban J connectivity index is 2.23. The maximum atomic E-state index is 11.8. The summed E-state index contributed by atoms with van der Waals surface area (Å²) in [4.78, 5) is 11.8. The number of allylic oxidation sites excluding steroid dienone is 2. The lowest BCUT2D eigenvalue weighted by molar-refractivity contribution is 0.107. The molecule has 0 saturated carbocycles. The standard InChI is InChI=1S/C11H10OSi/c12-11(13-8-4-5-9-13)10-6-2-1-3-7-10/h1-9,13H. The molecule has 0 N–H and O–H groups in total. The van der Waals surface area contributed by atoms with Crippen molar-refractivity contribution in [1.29, 1.82) is 0 Å². The molecule has 1 nitrogen and oxygen atoms in total. The third-order valence-electron chi connectivity index (χ3n) is 2.11. The fourth-order valence-corrected chi connectivity index (χ4v) is 3.19. The van der Waals surface area contributed by atoms with Gasteiger partial charge >= 0.3 is 0 Å². The molecule has 1 aromatic rings. The molecule has 0 radical (unpaired) electrons. The van der Waals surface area contributed by atoms with Crippen LogP contribution in [0.3, 0.4) is 0 Å². The lowest BCUT2D eigenvalue weighted by Gasteiger charge is -2.01. The van der Waals surface area contributed by atoms with Gasteiger partial charge in [0.1, 0.15) is 5.41 Å². The average molecular weight is 186 g/mol. The maximum absolute atomic E-state index is 11.8. The quantitative estimate of drug-likeness (QED) is 0.644. The van der Waals surface area contributed by atoms with E-state index in [0.717, 1.165) is 5.56 Å². The van der Waals surface area contributed by atoms with Gasteiger partial charge in [0.25, 0.3) is 0 Å². The molecule has 1 aliphatic rings. The van der Waals surface area contributed by atoms with Crippen LogP contribution in [0.2, 0.25) is 0 Å². The van der Waals surface area contributed by atoms with Gasteiger partial charge in [-0.15, -0.1) is 0 Å². The molecule has 0 aromatic heterocycles. The first kappa shape index (κ1) is 8.20. The minimum absolute atomic E-state index is 0.311. The third kappa shape index (κ3) is 1.68.